The molecule has 0 aromatic carbocycles. The van der Waals surface area contributed by atoms with Gasteiger partial charge in [-0.1, -0.05) is 24.0 Å². The first-order valence-electron chi connectivity index (χ1n) is 4.81. The SMILES string of the molecule is CCO[C@H](C)SC(=S)N1CCCC1. The Balaban J connectivity index is 2.23. The van der Waals surface area contributed by atoms with Crippen molar-refractivity contribution in [2.75, 3.05) is 19.7 Å². The predicted octanol–water partition coefficient (Wildman–Crippen LogP) is 2.48. The topological polar surface area (TPSA) is 12.5 Å². The van der Waals surface area contributed by atoms with Crippen LogP contribution in [0.15, 0.2) is 0 Å². The lowest BCUT2D eigenvalue weighted by atomic mass is 10.4. The molecule has 0 radical (unpaired) electrons. The molecule has 0 unspecified atom stereocenters. The van der Waals surface area contributed by atoms with Gasteiger partial charge in [-0.3, -0.25) is 0 Å². The van der Waals surface area contributed by atoms with Crippen molar-refractivity contribution in [1.82, 2.24) is 4.90 Å². The molecule has 76 valence electrons. The largest absolute Gasteiger partial charge is 0.368 e. The number of nitrogens with zero attached hydrogens (tertiary/aromatic N) is 1. The van der Waals surface area contributed by atoms with Gasteiger partial charge in [0, 0.05) is 19.7 Å². The Kier molecular flexibility index (Phi) is 5.06. The molecular weight excluding hydrogens is 202 g/mol. The Hall–Kier alpha value is 0.200. The molecular formula is C9H17NOS2. The van der Waals surface area contributed by atoms with Gasteiger partial charge >= 0.3 is 0 Å². The molecule has 0 aliphatic carbocycles. The van der Waals surface area contributed by atoms with Crippen LogP contribution in [-0.4, -0.2) is 34.4 Å². The Morgan fingerprint density at radius 2 is 2.15 bits per heavy atom. The first kappa shape index (κ1) is 11.3. The van der Waals surface area contributed by atoms with Gasteiger partial charge in [0.05, 0.1) is 0 Å². The third kappa shape index (κ3) is 3.83. The molecule has 0 aromatic heterocycles. The zero-order valence-corrected chi connectivity index (χ0v) is 9.92. The molecule has 0 N–H and O–H groups in total. The second-order valence-corrected chi connectivity index (χ2v) is 5.03. The lowest BCUT2D eigenvalue weighted by Gasteiger charge is -2.20. The van der Waals surface area contributed by atoms with Gasteiger partial charge in [-0.05, 0) is 26.7 Å². The summed E-state index contributed by atoms with van der Waals surface area (Å²) in [7, 11) is 0. The summed E-state index contributed by atoms with van der Waals surface area (Å²) in [4.78, 5) is 2.27. The van der Waals surface area contributed by atoms with Gasteiger partial charge < -0.3 is 9.64 Å². The second-order valence-electron chi connectivity index (χ2n) is 3.10. The van der Waals surface area contributed by atoms with Crippen LogP contribution in [0, 0.1) is 0 Å². The van der Waals surface area contributed by atoms with E-state index in [9.17, 15) is 0 Å². The zero-order valence-electron chi connectivity index (χ0n) is 8.28. The average Bonchev–Trinajstić information content (AvgIpc) is 2.55. The average molecular weight is 219 g/mol. The number of likely N-dealkylation sites (tertiary alicyclic amines) is 1. The molecule has 1 aliphatic rings. The van der Waals surface area contributed by atoms with Crippen LogP contribution in [0.25, 0.3) is 0 Å². The lowest BCUT2D eigenvalue weighted by Crippen LogP contribution is -2.25. The van der Waals surface area contributed by atoms with E-state index in [1.807, 2.05) is 6.92 Å². The number of hydrogen-bond donors (Lipinski definition) is 0. The molecule has 0 spiro atoms. The van der Waals surface area contributed by atoms with E-state index in [-0.39, 0.29) is 5.44 Å². The molecule has 2 nitrogen and oxygen atoms in total. The normalized spacial score (nSPS) is 19.1. The van der Waals surface area contributed by atoms with Crippen LogP contribution in [0.4, 0.5) is 0 Å². The van der Waals surface area contributed by atoms with E-state index in [1.165, 1.54) is 12.8 Å². The van der Waals surface area contributed by atoms with Crippen LogP contribution in [0.1, 0.15) is 26.7 Å². The summed E-state index contributed by atoms with van der Waals surface area (Å²) in [5.41, 5.74) is 0.193. The maximum Gasteiger partial charge on any atom is 0.138 e. The Morgan fingerprint density at radius 3 is 2.69 bits per heavy atom. The molecule has 0 aromatic rings. The Labute approximate surface area is 90.0 Å². The molecule has 0 saturated carbocycles. The zero-order chi connectivity index (χ0) is 9.68. The van der Waals surface area contributed by atoms with E-state index in [0.29, 0.717) is 0 Å². The Morgan fingerprint density at radius 1 is 1.54 bits per heavy atom. The van der Waals surface area contributed by atoms with Gasteiger partial charge in [0.25, 0.3) is 0 Å². The molecule has 1 heterocycles. The minimum atomic E-state index is 0.193. The summed E-state index contributed by atoms with van der Waals surface area (Å²) in [6.45, 7) is 7.08. The summed E-state index contributed by atoms with van der Waals surface area (Å²) in [6.07, 6.45) is 2.56. The summed E-state index contributed by atoms with van der Waals surface area (Å²) < 4.78 is 6.42. The van der Waals surface area contributed by atoms with Crippen molar-refractivity contribution in [3.05, 3.63) is 0 Å². The molecule has 0 bridgehead atoms. The molecule has 0 amide bonds. The minimum Gasteiger partial charge on any atom is -0.368 e. The van der Waals surface area contributed by atoms with E-state index >= 15 is 0 Å². The van der Waals surface area contributed by atoms with Gasteiger partial charge in [-0.25, -0.2) is 0 Å². The minimum absolute atomic E-state index is 0.193. The van der Waals surface area contributed by atoms with Crippen molar-refractivity contribution in [3.8, 4) is 0 Å². The highest BCUT2D eigenvalue weighted by Gasteiger charge is 2.17. The molecule has 1 fully saturated rings. The summed E-state index contributed by atoms with van der Waals surface area (Å²) in [6, 6.07) is 0. The monoisotopic (exact) mass is 219 g/mol. The molecule has 4 heteroatoms. The van der Waals surface area contributed by atoms with E-state index < -0.39 is 0 Å². The smallest absolute Gasteiger partial charge is 0.138 e. The van der Waals surface area contributed by atoms with Crippen LogP contribution in [0.3, 0.4) is 0 Å². The summed E-state index contributed by atoms with van der Waals surface area (Å²) >= 11 is 6.97. The fourth-order valence-corrected chi connectivity index (χ4v) is 2.79. The van der Waals surface area contributed by atoms with Crippen LogP contribution in [0.5, 0.6) is 0 Å². The number of hydrogen-bond acceptors (Lipinski definition) is 3. The third-order valence-corrected chi connectivity index (χ3v) is 3.51. The van der Waals surface area contributed by atoms with Gasteiger partial charge in [0.2, 0.25) is 0 Å². The lowest BCUT2D eigenvalue weighted by molar-refractivity contribution is 0.138. The molecule has 1 rings (SSSR count). The van der Waals surface area contributed by atoms with Crippen LogP contribution in [0.2, 0.25) is 0 Å². The fraction of sp³-hybridized carbons (Fsp3) is 0.889. The highest BCUT2D eigenvalue weighted by atomic mass is 32.2. The maximum atomic E-state index is 5.42. The van der Waals surface area contributed by atoms with Crippen molar-refractivity contribution in [2.45, 2.75) is 32.1 Å². The van der Waals surface area contributed by atoms with Crippen molar-refractivity contribution in [2.24, 2.45) is 0 Å². The maximum absolute atomic E-state index is 5.42. The van der Waals surface area contributed by atoms with Crippen molar-refractivity contribution < 1.29 is 4.74 Å². The van der Waals surface area contributed by atoms with Crippen molar-refractivity contribution in [3.63, 3.8) is 0 Å². The first-order valence-corrected chi connectivity index (χ1v) is 6.10. The highest BCUT2D eigenvalue weighted by molar-refractivity contribution is 8.23. The van der Waals surface area contributed by atoms with E-state index in [1.54, 1.807) is 11.8 Å². The Bertz CT molecular complexity index is 169. The third-order valence-electron chi connectivity index (χ3n) is 2.03. The van der Waals surface area contributed by atoms with Gasteiger partial charge in [-0.2, -0.15) is 0 Å². The van der Waals surface area contributed by atoms with E-state index in [2.05, 4.69) is 11.8 Å². The second kappa shape index (κ2) is 5.83. The van der Waals surface area contributed by atoms with Gasteiger partial charge in [-0.15, -0.1) is 0 Å². The van der Waals surface area contributed by atoms with Crippen LogP contribution < -0.4 is 0 Å². The molecule has 13 heavy (non-hydrogen) atoms. The quantitative estimate of drug-likeness (QED) is 0.534. The van der Waals surface area contributed by atoms with E-state index in [0.717, 1.165) is 24.0 Å². The summed E-state index contributed by atoms with van der Waals surface area (Å²) in [5, 5.41) is 0. The van der Waals surface area contributed by atoms with Crippen LogP contribution in [-0.2, 0) is 4.74 Å². The molecule has 1 aliphatic heterocycles. The number of thiocarbonyl (C=S) groups is 1. The van der Waals surface area contributed by atoms with Gasteiger partial charge in [0.1, 0.15) is 9.76 Å². The number of thioether (sulfide) groups is 1. The highest BCUT2D eigenvalue weighted by Crippen LogP contribution is 2.20. The standard InChI is InChI=1S/C9H17NOS2/c1-3-11-8(2)13-9(12)10-6-4-5-7-10/h8H,3-7H2,1-2H3/t8-/m0/s1. The molecule has 1 saturated heterocycles. The predicted molar refractivity (Wildman–Crippen MR) is 62.1 cm³/mol. The van der Waals surface area contributed by atoms with Crippen LogP contribution >= 0.6 is 24.0 Å². The number of rotatable bonds is 3. The van der Waals surface area contributed by atoms with Crippen molar-refractivity contribution >= 4 is 28.3 Å². The molecule has 1 atom stereocenters. The van der Waals surface area contributed by atoms with E-state index in [4.69, 9.17) is 17.0 Å². The fourth-order valence-electron chi connectivity index (χ4n) is 1.38. The number of ether oxygens (including phenoxy) is 1. The van der Waals surface area contributed by atoms with Gasteiger partial charge in [0.15, 0.2) is 0 Å². The summed E-state index contributed by atoms with van der Waals surface area (Å²) in [5.74, 6) is 0. The first-order chi connectivity index (χ1) is 6.24. The van der Waals surface area contributed by atoms with Crippen molar-refractivity contribution in [1.29, 1.82) is 0 Å².